The minimum absolute atomic E-state index is 0.235. The number of esters is 1. The van der Waals surface area contributed by atoms with Crippen molar-refractivity contribution in [3.63, 3.8) is 0 Å². The van der Waals surface area contributed by atoms with Crippen LogP contribution in [-0.2, 0) is 4.79 Å². The van der Waals surface area contributed by atoms with Crippen molar-refractivity contribution >= 4 is 63.5 Å². The summed E-state index contributed by atoms with van der Waals surface area (Å²) < 4.78 is 11.3. The van der Waals surface area contributed by atoms with Crippen LogP contribution in [0.4, 0.5) is 5.69 Å². The molecule has 0 saturated carbocycles. The van der Waals surface area contributed by atoms with Gasteiger partial charge in [0, 0.05) is 5.02 Å². The molecule has 1 aliphatic rings. The predicted octanol–water partition coefficient (Wildman–Crippen LogP) is 5.97. The molecule has 0 atom stereocenters. The topological polar surface area (TPSA) is 55.8 Å². The van der Waals surface area contributed by atoms with Gasteiger partial charge in [0.15, 0.2) is 15.8 Å². The van der Waals surface area contributed by atoms with Crippen LogP contribution in [0.15, 0.2) is 77.7 Å². The number of thiocarbonyl (C=S) groups is 1. The van der Waals surface area contributed by atoms with Gasteiger partial charge in [-0.3, -0.25) is 9.69 Å². The van der Waals surface area contributed by atoms with E-state index in [9.17, 15) is 9.59 Å². The average molecular weight is 482 g/mol. The molecule has 8 heteroatoms. The summed E-state index contributed by atoms with van der Waals surface area (Å²) in [5, 5.41) is 0.519. The van der Waals surface area contributed by atoms with E-state index in [1.54, 1.807) is 72.8 Å². The molecule has 0 spiro atoms. The molecule has 4 rings (SSSR count). The zero-order valence-corrected chi connectivity index (χ0v) is 19.2. The molecule has 3 aromatic rings. The molecule has 0 N–H and O–H groups in total. The summed E-state index contributed by atoms with van der Waals surface area (Å²) in [5.41, 5.74) is 1.75. The molecule has 160 valence electrons. The first-order valence-corrected chi connectivity index (χ1v) is 11.1. The maximum absolute atomic E-state index is 13.0. The Morgan fingerprint density at radius 1 is 1.03 bits per heavy atom. The molecule has 32 heavy (non-hydrogen) atoms. The Kier molecular flexibility index (Phi) is 6.60. The number of hydrogen-bond acceptors (Lipinski definition) is 6. The zero-order chi connectivity index (χ0) is 22.7. The summed E-state index contributed by atoms with van der Waals surface area (Å²) in [4.78, 5) is 27.2. The fraction of sp³-hybridized carbons (Fsp3) is 0.0417. The number of methoxy groups -OCH3 is 1. The smallest absolute Gasteiger partial charge is 0.343 e. The molecule has 3 aromatic carbocycles. The molecule has 0 aromatic heterocycles. The van der Waals surface area contributed by atoms with Crippen LogP contribution in [0.5, 0.6) is 11.5 Å². The lowest BCUT2D eigenvalue weighted by atomic mass is 10.1. The molecule has 0 aliphatic carbocycles. The number of carbonyl (C=O) groups excluding carboxylic acids is 2. The quantitative estimate of drug-likeness (QED) is 0.193. The molecular formula is C24H16ClNO4S2. The Labute approximate surface area is 199 Å². The van der Waals surface area contributed by atoms with E-state index < -0.39 is 5.97 Å². The molecule has 1 amide bonds. The second-order valence-corrected chi connectivity index (χ2v) is 8.78. The van der Waals surface area contributed by atoms with Gasteiger partial charge in [-0.1, -0.05) is 65.9 Å². The maximum atomic E-state index is 13.0. The Hall–Kier alpha value is -3.13. The van der Waals surface area contributed by atoms with Gasteiger partial charge in [-0.15, -0.1) is 0 Å². The van der Waals surface area contributed by atoms with Gasteiger partial charge in [-0.25, -0.2) is 4.79 Å². The highest BCUT2D eigenvalue weighted by Gasteiger charge is 2.33. The molecule has 1 fully saturated rings. The third-order valence-electron chi connectivity index (χ3n) is 4.56. The third kappa shape index (κ3) is 4.70. The standard InChI is InChI=1S/C24H16ClNO4S2/c1-29-20-12-15(10-11-19(20)30-23(28)16-6-3-2-4-7-16)13-21-22(27)26(24(31)32-21)18-9-5-8-17(25)14-18/h2-14H,1H3. The van der Waals surface area contributed by atoms with E-state index in [0.717, 1.165) is 0 Å². The molecule has 1 saturated heterocycles. The summed E-state index contributed by atoms with van der Waals surface area (Å²) in [6.07, 6.45) is 1.72. The summed E-state index contributed by atoms with van der Waals surface area (Å²) in [6.45, 7) is 0. The van der Waals surface area contributed by atoms with E-state index in [0.29, 0.717) is 36.8 Å². The highest BCUT2D eigenvalue weighted by molar-refractivity contribution is 8.27. The molecule has 5 nitrogen and oxygen atoms in total. The van der Waals surface area contributed by atoms with Gasteiger partial charge in [0.25, 0.3) is 5.91 Å². The normalized spacial score (nSPS) is 14.7. The fourth-order valence-corrected chi connectivity index (χ4v) is 4.53. The number of carbonyl (C=O) groups is 2. The number of nitrogens with zero attached hydrogens (tertiary/aromatic N) is 1. The van der Waals surface area contributed by atoms with Crippen molar-refractivity contribution in [3.05, 3.63) is 93.9 Å². The number of rotatable bonds is 5. The summed E-state index contributed by atoms with van der Waals surface area (Å²) in [5.74, 6) is -0.0711. The van der Waals surface area contributed by atoms with Gasteiger partial charge in [0.2, 0.25) is 0 Å². The van der Waals surface area contributed by atoms with Gasteiger partial charge in [-0.2, -0.15) is 0 Å². The number of hydrogen-bond donors (Lipinski definition) is 0. The number of amides is 1. The van der Waals surface area contributed by atoms with Crippen LogP contribution in [0.1, 0.15) is 15.9 Å². The molecular weight excluding hydrogens is 466 g/mol. The number of halogens is 1. The number of benzene rings is 3. The predicted molar refractivity (Wildman–Crippen MR) is 131 cm³/mol. The van der Waals surface area contributed by atoms with E-state index in [4.69, 9.17) is 33.3 Å². The van der Waals surface area contributed by atoms with E-state index >= 15 is 0 Å². The van der Waals surface area contributed by atoms with E-state index in [-0.39, 0.29) is 11.7 Å². The van der Waals surface area contributed by atoms with Gasteiger partial charge in [0.05, 0.1) is 23.3 Å². The number of ether oxygens (including phenoxy) is 2. The van der Waals surface area contributed by atoms with Crippen LogP contribution in [0, 0.1) is 0 Å². The van der Waals surface area contributed by atoms with Crippen molar-refractivity contribution < 1.29 is 19.1 Å². The number of anilines is 1. The van der Waals surface area contributed by atoms with Crippen LogP contribution < -0.4 is 14.4 Å². The van der Waals surface area contributed by atoms with E-state index in [1.807, 2.05) is 6.07 Å². The lowest BCUT2D eigenvalue weighted by molar-refractivity contribution is -0.113. The van der Waals surface area contributed by atoms with Crippen molar-refractivity contribution in [1.29, 1.82) is 0 Å². The number of thioether (sulfide) groups is 1. The molecule has 1 aliphatic heterocycles. The summed E-state index contributed by atoms with van der Waals surface area (Å²) in [6, 6.07) is 20.7. The fourth-order valence-electron chi connectivity index (χ4n) is 3.05. The second kappa shape index (κ2) is 9.56. The van der Waals surface area contributed by atoms with Gasteiger partial charge < -0.3 is 9.47 Å². The maximum Gasteiger partial charge on any atom is 0.343 e. The van der Waals surface area contributed by atoms with Crippen molar-refractivity contribution in [3.8, 4) is 11.5 Å². The zero-order valence-electron chi connectivity index (χ0n) is 16.8. The summed E-state index contributed by atoms with van der Waals surface area (Å²) >= 11 is 12.7. The molecule has 1 heterocycles. The first-order valence-electron chi connectivity index (χ1n) is 9.45. The van der Waals surface area contributed by atoms with Crippen molar-refractivity contribution in [1.82, 2.24) is 0 Å². The highest BCUT2D eigenvalue weighted by atomic mass is 35.5. The molecule has 0 radical (unpaired) electrons. The van der Waals surface area contributed by atoms with E-state index in [1.165, 1.54) is 23.8 Å². The monoisotopic (exact) mass is 481 g/mol. The van der Waals surface area contributed by atoms with Crippen LogP contribution in [0.2, 0.25) is 5.02 Å². The van der Waals surface area contributed by atoms with Crippen molar-refractivity contribution in [2.75, 3.05) is 12.0 Å². The highest BCUT2D eigenvalue weighted by Crippen LogP contribution is 2.37. The SMILES string of the molecule is COc1cc(C=C2SC(=S)N(c3cccc(Cl)c3)C2=O)ccc1OC(=O)c1ccccc1. The Bertz CT molecular complexity index is 1240. The van der Waals surface area contributed by atoms with Gasteiger partial charge in [0.1, 0.15) is 0 Å². The first kappa shape index (κ1) is 22.1. The Balaban J connectivity index is 1.57. The molecule has 0 unspecified atom stereocenters. The lowest BCUT2D eigenvalue weighted by Crippen LogP contribution is -2.27. The average Bonchev–Trinajstić information content (AvgIpc) is 3.07. The second-order valence-electron chi connectivity index (χ2n) is 6.66. The minimum atomic E-state index is -0.487. The Morgan fingerprint density at radius 2 is 1.81 bits per heavy atom. The van der Waals surface area contributed by atoms with Crippen LogP contribution >= 0.6 is 35.6 Å². The van der Waals surface area contributed by atoms with Crippen LogP contribution in [-0.4, -0.2) is 23.3 Å². The Morgan fingerprint density at radius 3 is 2.53 bits per heavy atom. The first-order chi connectivity index (χ1) is 15.5. The van der Waals surface area contributed by atoms with Crippen molar-refractivity contribution in [2.24, 2.45) is 0 Å². The lowest BCUT2D eigenvalue weighted by Gasteiger charge is -2.14. The third-order valence-corrected chi connectivity index (χ3v) is 6.09. The summed E-state index contributed by atoms with van der Waals surface area (Å²) in [7, 11) is 1.48. The largest absolute Gasteiger partial charge is 0.493 e. The van der Waals surface area contributed by atoms with E-state index in [2.05, 4.69) is 0 Å². The van der Waals surface area contributed by atoms with Crippen molar-refractivity contribution in [2.45, 2.75) is 0 Å². The van der Waals surface area contributed by atoms with Crippen LogP contribution in [0.3, 0.4) is 0 Å². The van der Waals surface area contributed by atoms with Crippen LogP contribution in [0.25, 0.3) is 6.08 Å². The van der Waals surface area contributed by atoms with Gasteiger partial charge in [-0.05, 0) is 54.1 Å². The minimum Gasteiger partial charge on any atom is -0.493 e. The van der Waals surface area contributed by atoms with Gasteiger partial charge >= 0.3 is 5.97 Å². The molecule has 0 bridgehead atoms.